The summed E-state index contributed by atoms with van der Waals surface area (Å²) in [5.74, 6) is 0. The number of hydrogen-bond donors (Lipinski definition) is 2. The first-order valence-corrected chi connectivity index (χ1v) is 5.71. The van der Waals surface area contributed by atoms with Gasteiger partial charge in [0.2, 0.25) is 0 Å². The lowest BCUT2D eigenvalue weighted by molar-refractivity contribution is 0.185. The molecule has 0 unspecified atom stereocenters. The predicted molar refractivity (Wildman–Crippen MR) is 70.4 cm³/mol. The highest BCUT2D eigenvalue weighted by Crippen LogP contribution is 2.19. The molecule has 0 bridgehead atoms. The molecule has 1 heterocycles. The number of hydrogen-bond acceptors (Lipinski definition) is 2. The van der Waals surface area contributed by atoms with Crippen molar-refractivity contribution < 1.29 is 5.21 Å². The average Bonchev–Trinajstić information content (AvgIpc) is 2.44. The quantitative estimate of drug-likeness (QED) is 0.627. The zero-order chi connectivity index (χ0) is 12.5. The zero-order valence-corrected chi connectivity index (χ0v) is 9.67. The molecule has 2 aromatic carbocycles. The fourth-order valence-electron chi connectivity index (χ4n) is 2.10. The van der Waals surface area contributed by atoms with Gasteiger partial charge in [-0.3, -0.25) is 5.41 Å². The van der Waals surface area contributed by atoms with E-state index >= 15 is 0 Å². The minimum absolute atomic E-state index is 0.0971. The number of fused-ring (bicyclic) bond motifs is 1. The first-order valence-electron chi connectivity index (χ1n) is 5.71. The van der Waals surface area contributed by atoms with E-state index in [2.05, 4.69) is 0 Å². The van der Waals surface area contributed by atoms with Crippen LogP contribution in [0, 0.1) is 5.41 Å². The van der Waals surface area contributed by atoms with Crippen LogP contribution in [0.3, 0.4) is 0 Å². The number of para-hydroxylation sites is 1. The van der Waals surface area contributed by atoms with E-state index in [0.717, 1.165) is 21.2 Å². The number of pyridine rings is 1. The number of nitrogens with one attached hydrogen (secondary N) is 1. The van der Waals surface area contributed by atoms with Gasteiger partial charge in [-0.25, -0.2) is 0 Å². The Morgan fingerprint density at radius 3 is 2.33 bits per heavy atom. The van der Waals surface area contributed by atoms with E-state index in [1.807, 2.05) is 54.6 Å². The number of benzene rings is 2. The topological polar surface area (TPSA) is 49.0 Å². The van der Waals surface area contributed by atoms with Crippen LogP contribution in [0.25, 0.3) is 22.0 Å². The Morgan fingerprint density at radius 1 is 0.889 bits per heavy atom. The Hall–Kier alpha value is -2.55. The third-order valence-electron chi connectivity index (χ3n) is 3.02. The van der Waals surface area contributed by atoms with Gasteiger partial charge in [-0.2, -0.15) is 4.73 Å². The number of nitrogens with zero attached hydrogens (tertiary/aromatic N) is 1. The van der Waals surface area contributed by atoms with Crippen molar-refractivity contribution in [1.29, 1.82) is 5.41 Å². The van der Waals surface area contributed by atoms with Crippen molar-refractivity contribution in [3.8, 4) is 11.1 Å². The molecule has 0 fully saturated rings. The van der Waals surface area contributed by atoms with Crippen LogP contribution in [0.2, 0.25) is 0 Å². The van der Waals surface area contributed by atoms with Gasteiger partial charge in [0.15, 0.2) is 5.49 Å². The third kappa shape index (κ3) is 1.57. The maximum Gasteiger partial charge on any atom is 0.169 e. The van der Waals surface area contributed by atoms with Crippen molar-refractivity contribution in [2.45, 2.75) is 0 Å². The lowest BCUT2D eigenvalue weighted by atomic mass is 10.1. The molecule has 1 aromatic heterocycles. The van der Waals surface area contributed by atoms with Crippen LogP contribution >= 0.6 is 0 Å². The molecule has 3 nitrogen and oxygen atoms in total. The molecule has 0 saturated heterocycles. The van der Waals surface area contributed by atoms with Gasteiger partial charge in [-0.15, -0.1) is 0 Å². The summed E-state index contributed by atoms with van der Waals surface area (Å²) in [6.45, 7) is 0. The van der Waals surface area contributed by atoms with Crippen molar-refractivity contribution in [3.05, 3.63) is 66.2 Å². The number of aromatic nitrogens is 1. The Labute approximate surface area is 104 Å². The third-order valence-corrected chi connectivity index (χ3v) is 3.02. The van der Waals surface area contributed by atoms with Crippen LogP contribution in [-0.4, -0.2) is 9.94 Å². The summed E-state index contributed by atoms with van der Waals surface area (Å²) in [6.07, 6.45) is 0. The first-order chi connectivity index (χ1) is 8.77. The van der Waals surface area contributed by atoms with Crippen molar-refractivity contribution in [2.24, 2.45) is 0 Å². The summed E-state index contributed by atoms with van der Waals surface area (Å²) in [4.78, 5) is 0. The maximum atomic E-state index is 10.0. The summed E-state index contributed by atoms with van der Waals surface area (Å²) in [7, 11) is 0. The SMILES string of the molecule is N=c1c(-c2ccccc2)cc2ccccc2n1O. The van der Waals surface area contributed by atoms with E-state index in [-0.39, 0.29) is 5.49 Å². The molecule has 0 aliphatic rings. The second-order valence-corrected chi connectivity index (χ2v) is 4.14. The summed E-state index contributed by atoms with van der Waals surface area (Å²) >= 11 is 0. The van der Waals surface area contributed by atoms with Gasteiger partial charge in [0.25, 0.3) is 0 Å². The molecule has 88 valence electrons. The molecule has 0 atom stereocenters. The van der Waals surface area contributed by atoms with Crippen molar-refractivity contribution in [1.82, 2.24) is 4.73 Å². The molecule has 0 aliphatic carbocycles. The molecule has 0 amide bonds. The molecule has 3 aromatic rings. The minimum atomic E-state index is 0.0971. The lowest BCUT2D eigenvalue weighted by Gasteiger charge is -2.09. The summed E-state index contributed by atoms with van der Waals surface area (Å²) in [5.41, 5.74) is 2.38. The van der Waals surface area contributed by atoms with Crippen LogP contribution < -0.4 is 5.49 Å². The fourth-order valence-corrected chi connectivity index (χ4v) is 2.10. The summed E-state index contributed by atoms with van der Waals surface area (Å²) < 4.78 is 0.928. The monoisotopic (exact) mass is 236 g/mol. The van der Waals surface area contributed by atoms with Crippen LogP contribution in [0.1, 0.15) is 0 Å². The van der Waals surface area contributed by atoms with E-state index in [1.54, 1.807) is 6.07 Å². The molecule has 3 heteroatoms. The van der Waals surface area contributed by atoms with E-state index in [9.17, 15) is 5.21 Å². The molecular weight excluding hydrogens is 224 g/mol. The van der Waals surface area contributed by atoms with Gasteiger partial charge in [-0.1, -0.05) is 48.5 Å². The van der Waals surface area contributed by atoms with Gasteiger partial charge in [-0.05, 0) is 17.7 Å². The Kier molecular flexibility index (Phi) is 2.38. The Balaban J connectivity index is 2.38. The van der Waals surface area contributed by atoms with Crippen LogP contribution in [0.5, 0.6) is 0 Å². The summed E-state index contributed by atoms with van der Waals surface area (Å²) in [6, 6.07) is 19.1. The Bertz CT molecular complexity index is 760. The second-order valence-electron chi connectivity index (χ2n) is 4.14. The molecule has 18 heavy (non-hydrogen) atoms. The van der Waals surface area contributed by atoms with Crippen molar-refractivity contribution >= 4 is 10.9 Å². The van der Waals surface area contributed by atoms with E-state index in [0.29, 0.717) is 5.52 Å². The molecule has 2 N–H and O–H groups in total. The highest BCUT2D eigenvalue weighted by Gasteiger charge is 2.06. The first kappa shape index (κ1) is 10.6. The molecule has 0 saturated carbocycles. The molecule has 0 radical (unpaired) electrons. The van der Waals surface area contributed by atoms with E-state index in [4.69, 9.17) is 5.41 Å². The summed E-state index contributed by atoms with van der Waals surface area (Å²) in [5, 5.41) is 19.0. The van der Waals surface area contributed by atoms with Crippen LogP contribution in [-0.2, 0) is 0 Å². The normalized spacial score (nSPS) is 10.7. The highest BCUT2D eigenvalue weighted by molar-refractivity contribution is 5.83. The standard InChI is InChI=1S/C15H12N2O/c16-15-13(11-6-2-1-3-7-11)10-12-8-4-5-9-14(12)17(15)18/h1-10,16,18H. The van der Waals surface area contributed by atoms with Gasteiger partial charge in [0.1, 0.15) is 0 Å². The van der Waals surface area contributed by atoms with Crippen LogP contribution in [0.4, 0.5) is 0 Å². The van der Waals surface area contributed by atoms with Gasteiger partial charge >= 0.3 is 0 Å². The molecule has 3 rings (SSSR count). The fraction of sp³-hybridized carbons (Fsp3) is 0. The van der Waals surface area contributed by atoms with Crippen molar-refractivity contribution in [2.75, 3.05) is 0 Å². The van der Waals surface area contributed by atoms with E-state index < -0.39 is 0 Å². The predicted octanol–water partition coefficient (Wildman–Crippen LogP) is 3.03. The second kappa shape index (κ2) is 4.04. The van der Waals surface area contributed by atoms with Crippen LogP contribution in [0.15, 0.2) is 60.7 Å². The highest BCUT2D eigenvalue weighted by atomic mass is 16.5. The van der Waals surface area contributed by atoms with E-state index in [1.165, 1.54) is 0 Å². The molecule has 0 spiro atoms. The lowest BCUT2D eigenvalue weighted by Crippen LogP contribution is -2.19. The Morgan fingerprint density at radius 2 is 1.56 bits per heavy atom. The van der Waals surface area contributed by atoms with Gasteiger partial charge in [0, 0.05) is 10.9 Å². The minimum Gasteiger partial charge on any atom is -0.426 e. The smallest absolute Gasteiger partial charge is 0.169 e. The molecule has 0 aliphatic heterocycles. The zero-order valence-electron chi connectivity index (χ0n) is 9.67. The molecular formula is C15H12N2O. The van der Waals surface area contributed by atoms with Gasteiger partial charge in [0.05, 0.1) is 5.52 Å². The van der Waals surface area contributed by atoms with Crippen molar-refractivity contribution in [3.63, 3.8) is 0 Å². The average molecular weight is 236 g/mol. The van der Waals surface area contributed by atoms with Gasteiger partial charge < -0.3 is 5.21 Å². The number of rotatable bonds is 1. The maximum absolute atomic E-state index is 10.0. The largest absolute Gasteiger partial charge is 0.426 e.